The lowest BCUT2D eigenvalue weighted by Gasteiger charge is -2.27. The second-order valence-electron chi connectivity index (χ2n) is 5.21. The minimum absolute atomic E-state index is 0.326. The summed E-state index contributed by atoms with van der Waals surface area (Å²) < 4.78 is 16.4. The molecule has 2 aliphatic heterocycles. The lowest BCUT2D eigenvalue weighted by molar-refractivity contribution is 0.171. The van der Waals surface area contributed by atoms with Gasteiger partial charge in [-0.2, -0.15) is 0 Å². The third-order valence-corrected chi connectivity index (χ3v) is 3.93. The normalized spacial score (nSPS) is 18.4. The van der Waals surface area contributed by atoms with Gasteiger partial charge in [-0.3, -0.25) is 0 Å². The average Bonchev–Trinajstić information content (AvgIpc) is 2.96. The number of methoxy groups -OCH3 is 1. The molecule has 5 nitrogen and oxygen atoms in total. The van der Waals surface area contributed by atoms with Crippen LogP contribution in [0.5, 0.6) is 11.5 Å². The molecule has 1 fully saturated rings. The highest BCUT2D eigenvalue weighted by Crippen LogP contribution is 2.38. The molecule has 2 aliphatic rings. The van der Waals surface area contributed by atoms with Crippen molar-refractivity contribution in [3.63, 3.8) is 0 Å². The highest BCUT2D eigenvalue weighted by Gasteiger charge is 2.21. The largest absolute Gasteiger partial charge is 0.454 e. The van der Waals surface area contributed by atoms with Crippen LogP contribution in [0.1, 0.15) is 11.1 Å². The maximum Gasteiger partial charge on any atom is 0.231 e. The van der Waals surface area contributed by atoms with E-state index in [0.717, 1.165) is 50.6 Å². The van der Waals surface area contributed by atoms with Crippen molar-refractivity contribution in [3.8, 4) is 11.5 Å². The van der Waals surface area contributed by atoms with Gasteiger partial charge in [0.05, 0.1) is 6.61 Å². The standard InChI is InChI=1S/C15H22N2O3/c1-18-10-12-2-3-14-15(20-11-19-14)13(12)4-7-17-8-5-16-6-9-17/h2-3,16H,4-11H2,1H3. The topological polar surface area (TPSA) is 43.0 Å². The first kappa shape index (κ1) is 13.7. The van der Waals surface area contributed by atoms with Crippen molar-refractivity contribution in [1.29, 1.82) is 0 Å². The number of benzene rings is 1. The summed E-state index contributed by atoms with van der Waals surface area (Å²) in [5, 5.41) is 3.38. The third-order valence-electron chi connectivity index (χ3n) is 3.93. The fraction of sp³-hybridized carbons (Fsp3) is 0.600. The van der Waals surface area contributed by atoms with Gasteiger partial charge in [0.2, 0.25) is 6.79 Å². The fourth-order valence-corrected chi connectivity index (χ4v) is 2.84. The lowest BCUT2D eigenvalue weighted by atomic mass is 10.0. The predicted octanol–water partition coefficient (Wildman–Crippen LogP) is 1.01. The molecule has 0 unspecified atom stereocenters. The van der Waals surface area contributed by atoms with Gasteiger partial charge in [0.15, 0.2) is 11.5 Å². The van der Waals surface area contributed by atoms with E-state index >= 15 is 0 Å². The second-order valence-corrected chi connectivity index (χ2v) is 5.21. The zero-order valence-corrected chi connectivity index (χ0v) is 12.0. The number of hydrogen-bond donors (Lipinski definition) is 1. The Morgan fingerprint density at radius 1 is 1.25 bits per heavy atom. The van der Waals surface area contributed by atoms with Crippen LogP contribution >= 0.6 is 0 Å². The van der Waals surface area contributed by atoms with Crippen molar-refractivity contribution in [2.75, 3.05) is 46.6 Å². The molecule has 20 heavy (non-hydrogen) atoms. The fourth-order valence-electron chi connectivity index (χ4n) is 2.84. The van der Waals surface area contributed by atoms with Gasteiger partial charge in [-0.15, -0.1) is 0 Å². The van der Waals surface area contributed by atoms with E-state index in [2.05, 4.69) is 16.3 Å². The zero-order chi connectivity index (χ0) is 13.8. The minimum Gasteiger partial charge on any atom is -0.454 e. The van der Waals surface area contributed by atoms with Crippen LogP contribution in [0.15, 0.2) is 12.1 Å². The Labute approximate surface area is 119 Å². The maximum atomic E-state index is 5.65. The van der Waals surface area contributed by atoms with Crippen LogP contribution in [-0.4, -0.2) is 51.5 Å². The number of rotatable bonds is 5. The molecule has 0 amide bonds. The number of nitrogens with zero attached hydrogens (tertiary/aromatic N) is 1. The Morgan fingerprint density at radius 2 is 2.10 bits per heavy atom. The van der Waals surface area contributed by atoms with E-state index in [-0.39, 0.29) is 0 Å². The minimum atomic E-state index is 0.326. The van der Waals surface area contributed by atoms with E-state index in [1.807, 2.05) is 6.07 Å². The number of hydrogen-bond acceptors (Lipinski definition) is 5. The molecule has 3 rings (SSSR count). The van der Waals surface area contributed by atoms with Crippen LogP contribution in [0.25, 0.3) is 0 Å². The molecule has 0 atom stereocenters. The first-order valence-corrected chi connectivity index (χ1v) is 7.21. The monoisotopic (exact) mass is 278 g/mol. The molecule has 5 heteroatoms. The van der Waals surface area contributed by atoms with E-state index in [4.69, 9.17) is 14.2 Å². The molecule has 0 aliphatic carbocycles. The summed E-state index contributed by atoms with van der Waals surface area (Å²) in [6.45, 7) is 6.39. The molecule has 0 bridgehead atoms. The van der Waals surface area contributed by atoms with Gasteiger partial charge in [-0.1, -0.05) is 6.07 Å². The summed E-state index contributed by atoms with van der Waals surface area (Å²) in [7, 11) is 1.73. The summed E-state index contributed by atoms with van der Waals surface area (Å²) in [6.07, 6.45) is 0.977. The van der Waals surface area contributed by atoms with Gasteiger partial charge >= 0.3 is 0 Å². The smallest absolute Gasteiger partial charge is 0.231 e. The highest BCUT2D eigenvalue weighted by molar-refractivity contribution is 5.52. The van der Waals surface area contributed by atoms with E-state index in [1.54, 1.807) is 7.11 Å². The number of fused-ring (bicyclic) bond motifs is 1. The van der Waals surface area contributed by atoms with Crippen molar-refractivity contribution >= 4 is 0 Å². The second kappa shape index (κ2) is 6.43. The lowest BCUT2D eigenvalue weighted by Crippen LogP contribution is -2.44. The van der Waals surface area contributed by atoms with Crippen molar-refractivity contribution in [2.45, 2.75) is 13.0 Å². The Hall–Kier alpha value is -1.30. The molecule has 2 heterocycles. The van der Waals surface area contributed by atoms with Crippen molar-refractivity contribution in [3.05, 3.63) is 23.3 Å². The van der Waals surface area contributed by atoms with Crippen LogP contribution in [0.3, 0.4) is 0 Å². The molecule has 0 radical (unpaired) electrons. The van der Waals surface area contributed by atoms with Gasteiger partial charge < -0.3 is 24.4 Å². The number of piperazine rings is 1. The predicted molar refractivity (Wildman–Crippen MR) is 76.3 cm³/mol. The van der Waals surface area contributed by atoms with E-state index in [0.29, 0.717) is 13.4 Å². The Balaban J connectivity index is 1.74. The Kier molecular flexibility index (Phi) is 4.40. The zero-order valence-electron chi connectivity index (χ0n) is 12.0. The molecule has 110 valence electrons. The first-order valence-electron chi connectivity index (χ1n) is 7.21. The van der Waals surface area contributed by atoms with Crippen LogP contribution in [0.2, 0.25) is 0 Å². The molecule has 0 saturated carbocycles. The van der Waals surface area contributed by atoms with E-state index in [1.165, 1.54) is 11.1 Å². The molecule has 1 saturated heterocycles. The maximum absolute atomic E-state index is 5.65. The average molecular weight is 278 g/mol. The Morgan fingerprint density at radius 3 is 2.90 bits per heavy atom. The van der Waals surface area contributed by atoms with Crippen LogP contribution in [0.4, 0.5) is 0 Å². The van der Waals surface area contributed by atoms with Crippen LogP contribution in [0, 0.1) is 0 Å². The molecule has 1 N–H and O–H groups in total. The van der Waals surface area contributed by atoms with Gasteiger partial charge in [0.25, 0.3) is 0 Å². The summed E-state index contributed by atoms with van der Waals surface area (Å²) in [4.78, 5) is 2.49. The number of nitrogens with one attached hydrogen (secondary N) is 1. The SMILES string of the molecule is COCc1ccc2c(c1CCN1CCNCC1)OCO2. The van der Waals surface area contributed by atoms with Crippen LogP contribution in [-0.2, 0) is 17.8 Å². The van der Waals surface area contributed by atoms with Crippen molar-refractivity contribution in [2.24, 2.45) is 0 Å². The molecular formula is C15H22N2O3. The summed E-state index contributed by atoms with van der Waals surface area (Å²) >= 11 is 0. The first-order chi connectivity index (χ1) is 9.88. The van der Waals surface area contributed by atoms with Gasteiger partial charge in [-0.25, -0.2) is 0 Å². The van der Waals surface area contributed by atoms with E-state index < -0.39 is 0 Å². The molecule has 0 aromatic heterocycles. The summed E-state index contributed by atoms with van der Waals surface area (Å²) in [5.41, 5.74) is 2.44. The summed E-state index contributed by atoms with van der Waals surface area (Å²) in [6, 6.07) is 4.06. The molecule has 1 aromatic rings. The van der Waals surface area contributed by atoms with Gasteiger partial charge in [0.1, 0.15) is 0 Å². The summed E-state index contributed by atoms with van der Waals surface area (Å²) in [5.74, 6) is 1.77. The molecule has 1 aromatic carbocycles. The van der Waals surface area contributed by atoms with Crippen molar-refractivity contribution < 1.29 is 14.2 Å². The highest BCUT2D eigenvalue weighted by atomic mass is 16.7. The van der Waals surface area contributed by atoms with Crippen LogP contribution < -0.4 is 14.8 Å². The molecule has 0 spiro atoms. The van der Waals surface area contributed by atoms with Crippen molar-refractivity contribution in [1.82, 2.24) is 10.2 Å². The molecular weight excluding hydrogens is 256 g/mol. The van der Waals surface area contributed by atoms with E-state index in [9.17, 15) is 0 Å². The number of ether oxygens (including phenoxy) is 3. The van der Waals surface area contributed by atoms with Gasteiger partial charge in [-0.05, 0) is 18.1 Å². The quantitative estimate of drug-likeness (QED) is 0.871. The Bertz CT molecular complexity index is 459. The third kappa shape index (κ3) is 2.90. The van der Waals surface area contributed by atoms with Gasteiger partial charge in [0, 0.05) is 45.4 Å².